The zero-order valence-corrected chi connectivity index (χ0v) is 10.5. The van der Waals surface area contributed by atoms with E-state index in [0.29, 0.717) is 6.04 Å². The van der Waals surface area contributed by atoms with Crippen LogP contribution in [0.25, 0.3) is 0 Å². The highest BCUT2D eigenvalue weighted by Crippen LogP contribution is 2.31. The zero-order valence-electron chi connectivity index (χ0n) is 8.92. The number of unbranched alkanes of at least 4 members (excludes halogenated alkanes) is 1. The third-order valence-corrected chi connectivity index (χ3v) is 3.70. The number of hydrogen-bond acceptors (Lipinski definition) is 2. The quantitative estimate of drug-likeness (QED) is 0.589. The van der Waals surface area contributed by atoms with Gasteiger partial charge in [0.15, 0.2) is 0 Å². The van der Waals surface area contributed by atoms with Crippen LogP contribution in [0.4, 0.5) is 0 Å². The maximum atomic E-state index is 6.11. The Morgan fingerprint density at radius 1 is 1.67 bits per heavy atom. The summed E-state index contributed by atoms with van der Waals surface area (Å²) in [7, 11) is 0. The fourth-order valence-electron chi connectivity index (χ4n) is 1.53. The highest BCUT2D eigenvalue weighted by Gasteiger charge is 2.14. The van der Waals surface area contributed by atoms with Gasteiger partial charge in [-0.15, -0.1) is 23.7 Å². The first-order chi connectivity index (χ1) is 7.29. The Bertz CT molecular complexity index is 327. The van der Waals surface area contributed by atoms with Crippen LogP contribution in [-0.2, 0) is 0 Å². The second-order valence-electron chi connectivity index (χ2n) is 3.34. The van der Waals surface area contributed by atoms with Gasteiger partial charge in [0.05, 0.1) is 5.02 Å². The maximum absolute atomic E-state index is 6.11. The molecule has 1 atom stereocenters. The summed E-state index contributed by atoms with van der Waals surface area (Å²) in [6.45, 7) is 3.06. The van der Waals surface area contributed by atoms with E-state index in [-0.39, 0.29) is 0 Å². The average molecular weight is 242 g/mol. The monoisotopic (exact) mass is 241 g/mol. The van der Waals surface area contributed by atoms with Crippen LogP contribution in [0.2, 0.25) is 5.02 Å². The topological polar surface area (TPSA) is 12.0 Å². The van der Waals surface area contributed by atoms with Crippen LogP contribution in [0.5, 0.6) is 0 Å². The lowest BCUT2D eigenvalue weighted by molar-refractivity contribution is 0.509. The first-order valence-corrected chi connectivity index (χ1v) is 6.45. The van der Waals surface area contributed by atoms with Gasteiger partial charge in [-0.25, -0.2) is 0 Å². The van der Waals surface area contributed by atoms with Gasteiger partial charge in [-0.05, 0) is 30.8 Å². The summed E-state index contributed by atoms with van der Waals surface area (Å²) in [4.78, 5) is 1.23. The third kappa shape index (κ3) is 3.87. The van der Waals surface area contributed by atoms with E-state index in [0.717, 1.165) is 30.8 Å². The number of terminal acetylenes is 1. The highest BCUT2D eigenvalue weighted by atomic mass is 35.5. The molecular formula is C12H16ClNS. The van der Waals surface area contributed by atoms with Gasteiger partial charge in [0.1, 0.15) is 0 Å². The van der Waals surface area contributed by atoms with E-state index in [4.69, 9.17) is 18.0 Å². The molecule has 0 aliphatic heterocycles. The van der Waals surface area contributed by atoms with E-state index in [1.165, 1.54) is 4.88 Å². The number of hydrogen-bond donors (Lipinski definition) is 1. The van der Waals surface area contributed by atoms with E-state index in [9.17, 15) is 0 Å². The molecule has 0 bridgehead atoms. The Morgan fingerprint density at radius 2 is 2.47 bits per heavy atom. The van der Waals surface area contributed by atoms with Crippen molar-refractivity contribution >= 4 is 22.9 Å². The van der Waals surface area contributed by atoms with Crippen molar-refractivity contribution in [1.29, 1.82) is 0 Å². The first-order valence-electron chi connectivity index (χ1n) is 5.19. The van der Waals surface area contributed by atoms with Crippen LogP contribution in [0.15, 0.2) is 11.4 Å². The molecule has 0 saturated heterocycles. The minimum absolute atomic E-state index is 0.357. The molecule has 1 aromatic rings. The first kappa shape index (κ1) is 12.6. The van der Waals surface area contributed by atoms with Gasteiger partial charge in [-0.3, -0.25) is 0 Å². The van der Waals surface area contributed by atoms with Crippen molar-refractivity contribution in [3.05, 3.63) is 21.3 Å². The van der Waals surface area contributed by atoms with Crippen molar-refractivity contribution < 1.29 is 0 Å². The minimum Gasteiger partial charge on any atom is -0.309 e. The predicted octanol–water partition coefficient (Wildman–Crippen LogP) is 3.86. The summed E-state index contributed by atoms with van der Waals surface area (Å²) in [5.41, 5.74) is 0. The van der Waals surface area contributed by atoms with Gasteiger partial charge in [0.2, 0.25) is 0 Å². The second kappa shape index (κ2) is 6.90. The van der Waals surface area contributed by atoms with E-state index < -0.39 is 0 Å². The summed E-state index contributed by atoms with van der Waals surface area (Å²) in [5, 5.41) is 6.34. The molecule has 0 radical (unpaired) electrons. The van der Waals surface area contributed by atoms with Crippen LogP contribution in [0, 0.1) is 12.3 Å². The largest absolute Gasteiger partial charge is 0.309 e. The third-order valence-electron chi connectivity index (χ3n) is 2.23. The van der Waals surface area contributed by atoms with Crippen molar-refractivity contribution in [2.45, 2.75) is 32.2 Å². The van der Waals surface area contributed by atoms with Gasteiger partial charge in [-0.1, -0.05) is 18.5 Å². The van der Waals surface area contributed by atoms with Gasteiger partial charge < -0.3 is 5.32 Å². The van der Waals surface area contributed by atoms with Crippen molar-refractivity contribution in [2.75, 3.05) is 6.54 Å². The molecule has 0 saturated carbocycles. The Kier molecular flexibility index (Phi) is 5.78. The number of rotatable bonds is 6. The lowest BCUT2D eigenvalue weighted by atomic mass is 10.1. The van der Waals surface area contributed by atoms with Crippen molar-refractivity contribution in [1.82, 2.24) is 5.32 Å². The van der Waals surface area contributed by atoms with Crippen LogP contribution < -0.4 is 5.32 Å². The molecule has 1 heterocycles. The molecule has 0 amide bonds. The molecule has 1 aromatic heterocycles. The Hall–Kier alpha value is -0.490. The van der Waals surface area contributed by atoms with Crippen molar-refractivity contribution in [2.24, 2.45) is 0 Å². The molecule has 1 unspecified atom stereocenters. The summed E-state index contributed by atoms with van der Waals surface area (Å²) in [6, 6.07) is 2.31. The smallest absolute Gasteiger partial charge is 0.0561 e. The summed E-state index contributed by atoms with van der Waals surface area (Å²) >= 11 is 7.82. The molecule has 3 heteroatoms. The second-order valence-corrected chi connectivity index (χ2v) is 4.69. The fraction of sp³-hybridized carbons (Fsp3) is 0.500. The Balaban J connectivity index is 2.58. The number of halogens is 1. The molecule has 1 nitrogen and oxygen atoms in total. The SMILES string of the molecule is C#CCCCC(NCC)c1sccc1Cl. The maximum Gasteiger partial charge on any atom is 0.0561 e. The van der Waals surface area contributed by atoms with E-state index in [1.54, 1.807) is 11.3 Å². The molecule has 0 aliphatic carbocycles. The summed E-state index contributed by atoms with van der Waals surface area (Å²) in [6.07, 6.45) is 8.18. The van der Waals surface area contributed by atoms with Gasteiger partial charge in [-0.2, -0.15) is 0 Å². The van der Waals surface area contributed by atoms with E-state index in [2.05, 4.69) is 18.2 Å². The average Bonchev–Trinajstić information content (AvgIpc) is 2.64. The summed E-state index contributed by atoms with van der Waals surface area (Å²) < 4.78 is 0. The molecule has 0 aromatic carbocycles. The van der Waals surface area contributed by atoms with Crippen LogP contribution in [0.1, 0.15) is 37.1 Å². The number of nitrogens with one attached hydrogen (secondary N) is 1. The Morgan fingerprint density at radius 3 is 3.00 bits per heavy atom. The van der Waals surface area contributed by atoms with Crippen molar-refractivity contribution in [3.63, 3.8) is 0 Å². The molecule has 0 spiro atoms. The predicted molar refractivity (Wildman–Crippen MR) is 68.4 cm³/mol. The van der Waals surface area contributed by atoms with Crippen LogP contribution in [-0.4, -0.2) is 6.54 Å². The molecule has 0 aliphatic rings. The van der Waals surface area contributed by atoms with Crippen molar-refractivity contribution in [3.8, 4) is 12.3 Å². The standard InChI is InChI=1S/C12H16ClNS/c1-3-5-6-7-11(14-4-2)12-10(13)8-9-15-12/h1,8-9,11,14H,4-7H2,2H3. The summed E-state index contributed by atoms with van der Waals surface area (Å²) in [5.74, 6) is 2.67. The number of thiophene rings is 1. The lowest BCUT2D eigenvalue weighted by Gasteiger charge is -2.16. The lowest BCUT2D eigenvalue weighted by Crippen LogP contribution is -2.20. The zero-order chi connectivity index (χ0) is 11.1. The van der Waals surface area contributed by atoms with Gasteiger partial charge in [0, 0.05) is 17.3 Å². The Labute approximate surface area is 101 Å². The van der Waals surface area contributed by atoms with Gasteiger partial charge >= 0.3 is 0 Å². The molecule has 1 rings (SSSR count). The van der Waals surface area contributed by atoms with Crippen LogP contribution in [0.3, 0.4) is 0 Å². The van der Waals surface area contributed by atoms with E-state index in [1.807, 2.05) is 11.4 Å². The molecular weight excluding hydrogens is 226 g/mol. The molecule has 15 heavy (non-hydrogen) atoms. The van der Waals surface area contributed by atoms with Gasteiger partial charge in [0.25, 0.3) is 0 Å². The highest BCUT2D eigenvalue weighted by molar-refractivity contribution is 7.10. The minimum atomic E-state index is 0.357. The normalized spacial score (nSPS) is 12.3. The molecule has 82 valence electrons. The fourth-order valence-corrected chi connectivity index (χ4v) is 2.83. The van der Waals surface area contributed by atoms with Crippen LogP contribution >= 0.6 is 22.9 Å². The van der Waals surface area contributed by atoms with E-state index >= 15 is 0 Å². The molecule has 0 fully saturated rings. The molecule has 1 N–H and O–H groups in total.